The second kappa shape index (κ2) is 5.89. The smallest absolute Gasteiger partial charge is 0.221 e. The molecule has 98 valence electrons. The minimum absolute atomic E-state index is 0.160. The Balaban J connectivity index is 1.76. The van der Waals surface area contributed by atoms with Crippen LogP contribution in [0, 0.1) is 6.92 Å². The van der Waals surface area contributed by atoms with Gasteiger partial charge in [-0.15, -0.1) is 0 Å². The van der Waals surface area contributed by atoms with Gasteiger partial charge in [0.25, 0.3) is 0 Å². The Morgan fingerprint density at radius 1 is 1.39 bits per heavy atom. The molecule has 0 aromatic heterocycles. The molecule has 1 aliphatic carbocycles. The van der Waals surface area contributed by atoms with Crippen molar-refractivity contribution in [3.8, 4) is 0 Å². The molecule has 1 aliphatic rings. The average Bonchev–Trinajstić information content (AvgIpc) is 3.15. The Hall–Kier alpha value is -1.51. The summed E-state index contributed by atoms with van der Waals surface area (Å²) in [6.45, 7) is 4.99. The van der Waals surface area contributed by atoms with E-state index in [9.17, 15) is 4.79 Å². The van der Waals surface area contributed by atoms with Crippen molar-refractivity contribution in [2.75, 3.05) is 11.9 Å². The summed E-state index contributed by atoms with van der Waals surface area (Å²) in [5.74, 6) is 0.160. The molecule has 1 aromatic rings. The number of nitrogens with one attached hydrogen (secondary N) is 2. The first-order chi connectivity index (χ1) is 8.69. The van der Waals surface area contributed by atoms with Crippen molar-refractivity contribution in [1.29, 1.82) is 0 Å². The van der Waals surface area contributed by atoms with Crippen molar-refractivity contribution < 1.29 is 4.79 Å². The first-order valence-electron chi connectivity index (χ1n) is 6.82. The van der Waals surface area contributed by atoms with Gasteiger partial charge >= 0.3 is 0 Å². The molecule has 2 rings (SSSR count). The van der Waals surface area contributed by atoms with E-state index in [0.717, 1.165) is 24.9 Å². The van der Waals surface area contributed by atoms with Crippen LogP contribution in [0.25, 0.3) is 0 Å². The lowest BCUT2D eigenvalue weighted by molar-refractivity contribution is -0.120. The van der Waals surface area contributed by atoms with E-state index < -0.39 is 0 Å². The van der Waals surface area contributed by atoms with Gasteiger partial charge < -0.3 is 10.6 Å². The van der Waals surface area contributed by atoms with Crippen LogP contribution in [0.4, 0.5) is 5.69 Å². The number of hydrogen-bond acceptors (Lipinski definition) is 2. The van der Waals surface area contributed by atoms with Crippen LogP contribution in [0.1, 0.15) is 37.3 Å². The van der Waals surface area contributed by atoms with E-state index in [1.807, 2.05) is 0 Å². The summed E-state index contributed by atoms with van der Waals surface area (Å²) in [5.41, 5.74) is 3.80. The number of rotatable bonds is 6. The zero-order valence-corrected chi connectivity index (χ0v) is 11.3. The molecule has 3 heteroatoms. The fraction of sp³-hybridized carbons (Fsp3) is 0.533. The zero-order chi connectivity index (χ0) is 13.0. The quantitative estimate of drug-likeness (QED) is 0.810. The third-order valence-corrected chi connectivity index (χ3v) is 3.35. The Bertz CT molecular complexity index is 425. The van der Waals surface area contributed by atoms with Gasteiger partial charge in [0.1, 0.15) is 0 Å². The van der Waals surface area contributed by atoms with Crippen LogP contribution in [0.15, 0.2) is 18.2 Å². The maximum absolute atomic E-state index is 11.5. The molecule has 1 amide bonds. The minimum atomic E-state index is 0.160. The summed E-state index contributed by atoms with van der Waals surface area (Å²) in [5, 5.41) is 6.30. The average molecular weight is 246 g/mol. The molecule has 3 nitrogen and oxygen atoms in total. The molecule has 2 N–H and O–H groups in total. The number of amides is 1. The van der Waals surface area contributed by atoms with Gasteiger partial charge in [-0.2, -0.15) is 0 Å². The lowest BCUT2D eigenvalue weighted by Gasteiger charge is -2.10. The third-order valence-electron chi connectivity index (χ3n) is 3.35. The first kappa shape index (κ1) is 12.9. The van der Waals surface area contributed by atoms with Crippen molar-refractivity contribution in [3.05, 3.63) is 29.3 Å². The van der Waals surface area contributed by atoms with Crippen molar-refractivity contribution in [1.82, 2.24) is 5.32 Å². The second-order valence-electron chi connectivity index (χ2n) is 5.01. The van der Waals surface area contributed by atoms with E-state index in [1.165, 1.54) is 11.1 Å². The van der Waals surface area contributed by atoms with Crippen molar-refractivity contribution >= 4 is 11.6 Å². The molecule has 0 atom stereocenters. The van der Waals surface area contributed by atoms with Gasteiger partial charge in [0.05, 0.1) is 0 Å². The van der Waals surface area contributed by atoms with Gasteiger partial charge in [-0.05, 0) is 49.4 Å². The molecule has 1 saturated carbocycles. The molecule has 0 heterocycles. The Morgan fingerprint density at radius 2 is 2.17 bits per heavy atom. The number of carbonyl (C=O) groups excluding carboxylic acids is 1. The number of hydrogen-bond donors (Lipinski definition) is 2. The van der Waals surface area contributed by atoms with Crippen LogP contribution in [-0.4, -0.2) is 18.5 Å². The minimum Gasteiger partial charge on any atom is -0.385 e. The predicted molar refractivity (Wildman–Crippen MR) is 74.8 cm³/mol. The van der Waals surface area contributed by atoms with Crippen LogP contribution in [0.3, 0.4) is 0 Å². The monoisotopic (exact) mass is 246 g/mol. The topological polar surface area (TPSA) is 41.1 Å². The first-order valence-corrected chi connectivity index (χ1v) is 6.82. The van der Waals surface area contributed by atoms with Gasteiger partial charge in [0, 0.05) is 24.7 Å². The third kappa shape index (κ3) is 3.76. The maximum Gasteiger partial charge on any atom is 0.221 e. The zero-order valence-electron chi connectivity index (χ0n) is 11.3. The molecule has 0 aliphatic heterocycles. The summed E-state index contributed by atoms with van der Waals surface area (Å²) >= 11 is 0. The summed E-state index contributed by atoms with van der Waals surface area (Å²) in [7, 11) is 0. The number of aryl methyl sites for hydroxylation is 2. The standard InChI is InChI=1S/C15H22N2O/c1-3-12-10-14(5-4-11(12)2)16-9-8-15(18)17-13-6-7-13/h4-5,10,13,16H,3,6-9H2,1-2H3,(H,17,18). The lowest BCUT2D eigenvalue weighted by Crippen LogP contribution is -2.27. The van der Waals surface area contributed by atoms with E-state index in [1.54, 1.807) is 0 Å². The summed E-state index contributed by atoms with van der Waals surface area (Å²) in [4.78, 5) is 11.5. The maximum atomic E-state index is 11.5. The molecule has 1 fully saturated rings. The Labute approximate surface area is 109 Å². The van der Waals surface area contributed by atoms with Crippen LogP contribution >= 0.6 is 0 Å². The van der Waals surface area contributed by atoms with E-state index in [0.29, 0.717) is 19.0 Å². The molecule has 0 saturated heterocycles. The second-order valence-corrected chi connectivity index (χ2v) is 5.01. The van der Waals surface area contributed by atoms with Crippen LogP contribution in [-0.2, 0) is 11.2 Å². The highest BCUT2D eigenvalue weighted by Gasteiger charge is 2.22. The summed E-state index contributed by atoms with van der Waals surface area (Å²) < 4.78 is 0. The molecule has 1 aromatic carbocycles. The number of benzene rings is 1. The molecule has 0 radical (unpaired) electrons. The van der Waals surface area contributed by atoms with Crippen molar-refractivity contribution in [3.63, 3.8) is 0 Å². The molecule has 0 spiro atoms. The largest absolute Gasteiger partial charge is 0.385 e. The molecular formula is C15H22N2O. The normalized spacial score (nSPS) is 14.3. The van der Waals surface area contributed by atoms with Crippen LogP contribution in [0.5, 0.6) is 0 Å². The fourth-order valence-electron chi connectivity index (χ4n) is 2.01. The highest BCUT2D eigenvalue weighted by atomic mass is 16.1. The van der Waals surface area contributed by atoms with Gasteiger partial charge in [-0.1, -0.05) is 13.0 Å². The molecule has 18 heavy (non-hydrogen) atoms. The number of anilines is 1. The SMILES string of the molecule is CCc1cc(NCCC(=O)NC2CC2)ccc1C. The van der Waals surface area contributed by atoms with E-state index in [-0.39, 0.29) is 5.91 Å². The van der Waals surface area contributed by atoms with Gasteiger partial charge in [0.2, 0.25) is 5.91 Å². The van der Waals surface area contributed by atoms with Crippen LogP contribution < -0.4 is 10.6 Å². The Kier molecular flexibility index (Phi) is 4.24. The van der Waals surface area contributed by atoms with E-state index in [4.69, 9.17) is 0 Å². The van der Waals surface area contributed by atoms with Crippen molar-refractivity contribution in [2.45, 2.75) is 45.6 Å². The van der Waals surface area contributed by atoms with E-state index >= 15 is 0 Å². The lowest BCUT2D eigenvalue weighted by atomic mass is 10.1. The van der Waals surface area contributed by atoms with Gasteiger partial charge in [-0.25, -0.2) is 0 Å². The summed E-state index contributed by atoms with van der Waals surface area (Å²) in [6, 6.07) is 6.84. The summed E-state index contributed by atoms with van der Waals surface area (Å²) in [6.07, 6.45) is 3.89. The van der Waals surface area contributed by atoms with Crippen molar-refractivity contribution in [2.24, 2.45) is 0 Å². The van der Waals surface area contributed by atoms with Gasteiger partial charge in [0.15, 0.2) is 0 Å². The highest BCUT2D eigenvalue weighted by molar-refractivity contribution is 5.77. The Morgan fingerprint density at radius 3 is 2.83 bits per heavy atom. The fourth-order valence-corrected chi connectivity index (χ4v) is 2.01. The molecule has 0 bridgehead atoms. The highest BCUT2D eigenvalue weighted by Crippen LogP contribution is 2.19. The van der Waals surface area contributed by atoms with Gasteiger partial charge in [-0.3, -0.25) is 4.79 Å². The molecule has 0 unspecified atom stereocenters. The number of carbonyl (C=O) groups is 1. The predicted octanol–water partition coefficient (Wildman–Crippen LogP) is 2.64. The van der Waals surface area contributed by atoms with Crippen LogP contribution in [0.2, 0.25) is 0 Å². The van der Waals surface area contributed by atoms with E-state index in [2.05, 4.69) is 42.7 Å². The molecular weight excluding hydrogens is 224 g/mol.